The van der Waals surface area contributed by atoms with E-state index in [1.54, 1.807) is 0 Å². The fourth-order valence-electron chi connectivity index (χ4n) is 1.95. The second-order valence-corrected chi connectivity index (χ2v) is 10.7. The van der Waals surface area contributed by atoms with Gasteiger partial charge >= 0.3 is 29.2 Å². The van der Waals surface area contributed by atoms with E-state index in [0.29, 0.717) is 0 Å². The standard InChI is InChI=1S/C11H20N3O13P3/c1-20-28(16,17)26-30(19,22-3)27-29(18,21-2)24-7-10-23-6-9(25-10)14-5-4-8(12)13-11(14)15/h4-5,9-10H,6-7H2,1-3H3,(H,16,17)(H2,12,13,15). The summed E-state index contributed by atoms with van der Waals surface area (Å²) in [5.74, 6) is 0.0268. The van der Waals surface area contributed by atoms with E-state index in [1.165, 1.54) is 12.3 Å². The number of phosphoric ester groups is 2. The quantitative estimate of drug-likeness (QED) is 0.411. The summed E-state index contributed by atoms with van der Waals surface area (Å²) in [6.07, 6.45) is -0.671. The predicted octanol–water partition coefficient (Wildman–Crippen LogP) is 1.00. The summed E-state index contributed by atoms with van der Waals surface area (Å²) in [4.78, 5) is 24.6. The van der Waals surface area contributed by atoms with Crippen LogP contribution in [0.1, 0.15) is 6.23 Å². The van der Waals surface area contributed by atoms with Gasteiger partial charge in [-0.3, -0.25) is 22.7 Å². The number of ether oxygens (including phenoxy) is 2. The lowest BCUT2D eigenvalue weighted by Crippen LogP contribution is -2.28. The van der Waals surface area contributed by atoms with Crippen LogP contribution in [-0.4, -0.2) is 55.3 Å². The Morgan fingerprint density at radius 1 is 1.20 bits per heavy atom. The largest absolute Gasteiger partial charge is 0.492 e. The molecule has 1 aromatic heterocycles. The Labute approximate surface area is 169 Å². The monoisotopic (exact) mass is 495 g/mol. The third-order valence-electron chi connectivity index (χ3n) is 3.35. The van der Waals surface area contributed by atoms with Gasteiger partial charge in [0.25, 0.3) is 0 Å². The van der Waals surface area contributed by atoms with Crippen LogP contribution in [0.4, 0.5) is 5.82 Å². The maximum absolute atomic E-state index is 12.5. The van der Waals surface area contributed by atoms with Crippen molar-refractivity contribution >= 4 is 29.3 Å². The highest BCUT2D eigenvalue weighted by Crippen LogP contribution is 2.71. The van der Waals surface area contributed by atoms with Crippen molar-refractivity contribution in [1.29, 1.82) is 0 Å². The molecule has 3 N–H and O–H groups in total. The van der Waals surface area contributed by atoms with Gasteiger partial charge in [-0.1, -0.05) is 0 Å². The van der Waals surface area contributed by atoms with Crippen molar-refractivity contribution in [2.75, 3.05) is 40.3 Å². The molecule has 0 amide bonds. The minimum absolute atomic E-state index is 0.0268. The molecule has 1 aliphatic rings. The first-order valence-corrected chi connectivity index (χ1v) is 12.3. The Bertz CT molecular complexity index is 938. The number of hydrogen-bond donors (Lipinski definition) is 2. The summed E-state index contributed by atoms with van der Waals surface area (Å²) < 4.78 is 74.9. The summed E-state index contributed by atoms with van der Waals surface area (Å²) in [7, 11) is -11.9. The van der Waals surface area contributed by atoms with E-state index in [2.05, 4.69) is 27.2 Å². The smallest absolute Gasteiger partial charge is 0.383 e. The van der Waals surface area contributed by atoms with Crippen molar-refractivity contribution in [3.8, 4) is 0 Å². The van der Waals surface area contributed by atoms with Crippen molar-refractivity contribution in [1.82, 2.24) is 9.55 Å². The van der Waals surface area contributed by atoms with Crippen LogP contribution in [0.25, 0.3) is 0 Å². The molecule has 2 rings (SSSR count). The van der Waals surface area contributed by atoms with E-state index in [0.717, 1.165) is 25.9 Å². The van der Waals surface area contributed by atoms with E-state index in [1.807, 2.05) is 0 Å². The van der Waals surface area contributed by atoms with Gasteiger partial charge < -0.3 is 20.1 Å². The van der Waals surface area contributed by atoms with Crippen LogP contribution in [0.3, 0.4) is 0 Å². The fourth-order valence-corrected chi connectivity index (χ4v) is 5.99. The lowest BCUT2D eigenvalue weighted by atomic mass is 10.5. The van der Waals surface area contributed by atoms with Crippen molar-refractivity contribution in [2.45, 2.75) is 12.5 Å². The highest BCUT2D eigenvalue weighted by molar-refractivity contribution is 7.67. The zero-order valence-electron chi connectivity index (χ0n) is 15.9. The highest BCUT2D eigenvalue weighted by Gasteiger charge is 2.45. The lowest BCUT2D eigenvalue weighted by molar-refractivity contribution is -0.0978. The van der Waals surface area contributed by atoms with Gasteiger partial charge in [0, 0.05) is 27.5 Å². The molecular formula is C11H20N3O13P3. The van der Waals surface area contributed by atoms with Crippen molar-refractivity contribution in [3.63, 3.8) is 0 Å². The Balaban J connectivity index is 2.00. The van der Waals surface area contributed by atoms with Crippen LogP contribution in [0, 0.1) is 0 Å². The maximum atomic E-state index is 12.5. The second-order valence-electron chi connectivity index (χ2n) is 5.27. The summed E-state index contributed by atoms with van der Waals surface area (Å²) >= 11 is 0. The molecule has 0 aliphatic carbocycles. The average Bonchev–Trinajstić information content (AvgIpc) is 3.15. The van der Waals surface area contributed by atoms with Crippen LogP contribution in [0.2, 0.25) is 0 Å². The number of hydrogen-bond acceptors (Lipinski definition) is 14. The fraction of sp³-hybridized carbons (Fsp3) is 0.636. The molecule has 16 nitrogen and oxygen atoms in total. The van der Waals surface area contributed by atoms with Crippen LogP contribution in [-0.2, 0) is 49.9 Å². The first kappa shape index (κ1) is 25.3. The van der Waals surface area contributed by atoms with Crippen LogP contribution >= 0.6 is 23.5 Å². The van der Waals surface area contributed by atoms with Crippen molar-refractivity contribution in [3.05, 3.63) is 22.7 Å². The van der Waals surface area contributed by atoms with Gasteiger partial charge in [0.2, 0.25) is 0 Å². The summed E-state index contributed by atoms with van der Waals surface area (Å²) in [6, 6.07) is 1.38. The van der Waals surface area contributed by atoms with Gasteiger partial charge in [0.15, 0.2) is 12.5 Å². The molecule has 1 fully saturated rings. The lowest BCUT2D eigenvalue weighted by Gasteiger charge is -2.22. The molecule has 1 aromatic rings. The molecule has 5 atom stereocenters. The molecular weight excluding hydrogens is 475 g/mol. The molecule has 30 heavy (non-hydrogen) atoms. The molecule has 1 saturated heterocycles. The number of nitrogens with two attached hydrogens (primary N) is 1. The Morgan fingerprint density at radius 2 is 1.87 bits per heavy atom. The van der Waals surface area contributed by atoms with Crippen LogP contribution < -0.4 is 11.4 Å². The minimum atomic E-state index is -4.91. The number of anilines is 1. The average molecular weight is 495 g/mol. The third-order valence-corrected chi connectivity index (χ3v) is 8.39. The highest BCUT2D eigenvalue weighted by atomic mass is 31.3. The zero-order chi connectivity index (χ0) is 22.6. The van der Waals surface area contributed by atoms with Gasteiger partial charge in [-0.2, -0.15) is 13.6 Å². The number of aromatic nitrogens is 2. The van der Waals surface area contributed by atoms with Gasteiger partial charge in [-0.05, 0) is 6.07 Å². The van der Waals surface area contributed by atoms with E-state index < -0.39 is 48.3 Å². The Hall–Kier alpha value is -0.990. The maximum Gasteiger partial charge on any atom is 0.492 e. The van der Waals surface area contributed by atoms with E-state index in [9.17, 15) is 23.4 Å². The molecule has 0 saturated carbocycles. The molecule has 0 radical (unpaired) electrons. The Morgan fingerprint density at radius 3 is 2.43 bits per heavy atom. The van der Waals surface area contributed by atoms with Gasteiger partial charge in [-0.15, -0.1) is 0 Å². The molecule has 0 bridgehead atoms. The molecule has 0 aromatic carbocycles. The van der Waals surface area contributed by atoms with Crippen LogP contribution in [0.15, 0.2) is 17.1 Å². The predicted molar refractivity (Wildman–Crippen MR) is 97.0 cm³/mol. The molecule has 2 heterocycles. The summed E-state index contributed by atoms with van der Waals surface area (Å²) in [5, 5.41) is 0. The first-order valence-electron chi connectivity index (χ1n) is 7.84. The SMILES string of the molecule is COP(=O)(O)OP(=O)(OC)OP(=O)(OC)OCC1OCC(n2ccc(N)nc2=O)O1. The Kier molecular flexibility index (Phi) is 8.50. The van der Waals surface area contributed by atoms with E-state index in [4.69, 9.17) is 19.7 Å². The molecule has 5 unspecified atom stereocenters. The zero-order valence-corrected chi connectivity index (χ0v) is 18.6. The first-order chi connectivity index (χ1) is 13.9. The molecule has 19 heteroatoms. The molecule has 1 aliphatic heterocycles. The second kappa shape index (κ2) is 10.1. The molecule has 172 valence electrons. The number of nitrogen functional groups attached to an aromatic ring is 1. The number of rotatable bonds is 11. The normalized spacial score (nSPS) is 25.3. The van der Waals surface area contributed by atoms with Gasteiger partial charge in [0.1, 0.15) is 12.4 Å². The van der Waals surface area contributed by atoms with Crippen molar-refractivity contribution < 1.29 is 54.8 Å². The molecule has 0 spiro atoms. The van der Waals surface area contributed by atoms with E-state index in [-0.39, 0.29) is 12.4 Å². The number of nitrogens with zero attached hydrogens (tertiary/aromatic N) is 2. The van der Waals surface area contributed by atoms with Gasteiger partial charge in [0.05, 0.1) is 6.61 Å². The third kappa shape index (κ3) is 6.76. The summed E-state index contributed by atoms with van der Waals surface area (Å²) in [6.45, 7) is -0.664. The minimum Gasteiger partial charge on any atom is -0.383 e. The van der Waals surface area contributed by atoms with Crippen molar-refractivity contribution in [2.24, 2.45) is 0 Å². The topological polar surface area (TPSA) is 206 Å². The van der Waals surface area contributed by atoms with E-state index >= 15 is 0 Å². The van der Waals surface area contributed by atoms with Crippen LogP contribution in [0.5, 0.6) is 0 Å². The summed E-state index contributed by atoms with van der Waals surface area (Å²) in [5.41, 5.74) is 4.73. The number of phosphoric acid groups is 3. The van der Waals surface area contributed by atoms with Gasteiger partial charge in [-0.25, -0.2) is 18.5 Å².